The quantitative estimate of drug-likeness (QED) is 0.768. The third kappa shape index (κ3) is 6.14. The number of rotatable bonds is 8. The van der Waals surface area contributed by atoms with Gasteiger partial charge in [0.25, 0.3) is 0 Å². The molecule has 0 radical (unpaired) electrons. The predicted molar refractivity (Wildman–Crippen MR) is 90.1 cm³/mol. The van der Waals surface area contributed by atoms with Gasteiger partial charge in [0.15, 0.2) is 0 Å². The van der Waals surface area contributed by atoms with E-state index in [0.717, 1.165) is 38.5 Å². The van der Waals surface area contributed by atoms with E-state index in [4.69, 9.17) is 0 Å². The van der Waals surface area contributed by atoms with Gasteiger partial charge in [-0.15, -0.1) is 0 Å². The van der Waals surface area contributed by atoms with Crippen LogP contribution in [0.5, 0.6) is 0 Å². The molecule has 0 spiro atoms. The molecule has 2 N–H and O–H groups in total. The van der Waals surface area contributed by atoms with Gasteiger partial charge in [0, 0.05) is 26.2 Å². The molecule has 0 bridgehead atoms. The zero-order valence-electron chi connectivity index (χ0n) is 14.3. The maximum Gasteiger partial charge on any atom is 0.231 e. The minimum Gasteiger partial charge on any atom is -0.354 e. The van der Waals surface area contributed by atoms with Crippen molar-refractivity contribution in [2.75, 3.05) is 41.7 Å². The predicted octanol–water partition coefficient (Wildman–Crippen LogP) is 3.00. The summed E-state index contributed by atoms with van der Waals surface area (Å²) in [6, 6.07) is 0. The number of nitrogens with one attached hydrogen (secondary N) is 2. The Hall–Kier alpha value is -1.59. The zero-order valence-corrected chi connectivity index (χ0v) is 14.3. The van der Waals surface area contributed by atoms with E-state index >= 15 is 0 Å². The fourth-order valence-electron chi connectivity index (χ4n) is 1.75. The molecule has 6 nitrogen and oxygen atoms in total. The van der Waals surface area contributed by atoms with E-state index in [0.29, 0.717) is 11.9 Å². The molecule has 0 amide bonds. The fraction of sp³-hybridized carbons (Fsp3) is 0.800. The molecule has 1 aromatic rings. The van der Waals surface area contributed by atoms with Crippen LogP contribution in [0.1, 0.15) is 48.0 Å². The third-order valence-electron chi connectivity index (χ3n) is 2.98. The van der Waals surface area contributed by atoms with E-state index in [-0.39, 0.29) is 5.41 Å². The van der Waals surface area contributed by atoms with Gasteiger partial charge in [-0.1, -0.05) is 27.7 Å². The molecular weight excluding hydrogens is 264 g/mol. The van der Waals surface area contributed by atoms with E-state index in [2.05, 4.69) is 72.0 Å². The Bertz CT molecular complexity index is 423. The van der Waals surface area contributed by atoms with Crippen molar-refractivity contribution in [1.82, 2.24) is 15.0 Å². The highest BCUT2D eigenvalue weighted by atomic mass is 15.3. The molecule has 0 fully saturated rings. The normalized spacial score (nSPS) is 11.3. The molecule has 6 heteroatoms. The molecule has 21 heavy (non-hydrogen) atoms. The summed E-state index contributed by atoms with van der Waals surface area (Å²) in [6.07, 6.45) is 1.04. The van der Waals surface area contributed by atoms with Gasteiger partial charge in [0.05, 0.1) is 0 Å². The topological polar surface area (TPSA) is 66.0 Å². The molecular formula is C15H30N6. The van der Waals surface area contributed by atoms with Crippen LogP contribution in [-0.2, 0) is 0 Å². The standard InChI is InChI=1S/C15H30N6/c1-7-10-16-12-18-13(17-11-15(4,5)6)20-14(19-12)21(8-2)9-3/h7-11H2,1-6H3,(H2,16,17,18,19,20). The second-order valence-corrected chi connectivity index (χ2v) is 6.30. The van der Waals surface area contributed by atoms with Gasteiger partial charge in [0.1, 0.15) is 0 Å². The maximum atomic E-state index is 4.54. The van der Waals surface area contributed by atoms with Crippen LogP contribution in [0.4, 0.5) is 17.8 Å². The summed E-state index contributed by atoms with van der Waals surface area (Å²) in [5.74, 6) is 2.01. The lowest BCUT2D eigenvalue weighted by Gasteiger charge is -2.22. The van der Waals surface area contributed by atoms with Crippen molar-refractivity contribution >= 4 is 17.8 Å². The lowest BCUT2D eigenvalue weighted by Crippen LogP contribution is -2.26. The van der Waals surface area contributed by atoms with Crippen molar-refractivity contribution in [2.24, 2.45) is 5.41 Å². The summed E-state index contributed by atoms with van der Waals surface area (Å²) in [4.78, 5) is 15.6. The average Bonchev–Trinajstić information content (AvgIpc) is 2.43. The number of anilines is 3. The molecule has 1 heterocycles. The van der Waals surface area contributed by atoms with Gasteiger partial charge in [-0.05, 0) is 25.7 Å². The van der Waals surface area contributed by atoms with Gasteiger partial charge in [0.2, 0.25) is 17.8 Å². The van der Waals surface area contributed by atoms with Gasteiger partial charge < -0.3 is 15.5 Å². The third-order valence-corrected chi connectivity index (χ3v) is 2.98. The molecule has 0 saturated heterocycles. The summed E-state index contributed by atoms with van der Waals surface area (Å²) in [6.45, 7) is 16.3. The van der Waals surface area contributed by atoms with Crippen molar-refractivity contribution in [3.63, 3.8) is 0 Å². The van der Waals surface area contributed by atoms with Crippen molar-refractivity contribution in [3.8, 4) is 0 Å². The first-order valence-corrected chi connectivity index (χ1v) is 7.88. The fourth-order valence-corrected chi connectivity index (χ4v) is 1.75. The minimum absolute atomic E-state index is 0.180. The number of hydrogen-bond acceptors (Lipinski definition) is 6. The lowest BCUT2D eigenvalue weighted by molar-refractivity contribution is 0.441. The molecule has 1 rings (SSSR count). The molecule has 1 aromatic heterocycles. The monoisotopic (exact) mass is 294 g/mol. The van der Waals surface area contributed by atoms with E-state index < -0.39 is 0 Å². The average molecular weight is 294 g/mol. The Morgan fingerprint density at radius 2 is 1.48 bits per heavy atom. The van der Waals surface area contributed by atoms with Crippen LogP contribution >= 0.6 is 0 Å². The van der Waals surface area contributed by atoms with Gasteiger partial charge in [-0.25, -0.2) is 0 Å². The minimum atomic E-state index is 0.180. The van der Waals surface area contributed by atoms with Crippen molar-refractivity contribution in [2.45, 2.75) is 48.0 Å². The second kappa shape index (κ2) is 8.00. The highest BCUT2D eigenvalue weighted by molar-refractivity contribution is 5.43. The summed E-state index contributed by atoms with van der Waals surface area (Å²) in [5, 5.41) is 6.56. The SMILES string of the molecule is CCCNc1nc(NCC(C)(C)C)nc(N(CC)CC)n1. The first-order chi connectivity index (χ1) is 9.89. The van der Waals surface area contributed by atoms with Crippen molar-refractivity contribution < 1.29 is 0 Å². The number of nitrogens with zero attached hydrogens (tertiary/aromatic N) is 4. The largest absolute Gasteiger partial charge is 0.354 e. The zero-order chi connectivity index (χ0) is 15.9. The van der Waals surface area contributed by atoms with Gasteiger partial charge in [-0.2, -0.15) is 15.0 Å². The van der Waals surface area contributed by atoms with Crippen LogP contribution < -0.4 is 15.5 Å². The Labute approximate surface area is 128 Å². The van der Waals surface area contributed by atoms with Crippen LogP contribution in [0.15, 0.2) is 0 Å². The molecule has 0 aliphatic carbocycles. The Morgan fingerprint density at radius 1 is 0.905 bits per heavy atom. The summed E-state index contributed by atoms with van der Waals surface area (Å²) in [7, 11) is 0. The molecule has 120 valence electrons. The Morgan fingerprint density at radius 3 is 1.95 bits per heavy atom. The van der Waals surface area contributed by atoms with E-state index in [9.17, 15) is 0 Å². The second-order valence-electron chi connectivity index (χ2n) is 6.30. The van der Waals surface area contributed by atoms with Crippen LogP contribution in [-0.4, -0.2) is 41.1 Å². The van der Waals surface area contributed by atoms with Gasteiger partial charge >= 0.3 is 0 Å². The summed E-state index contributed by atoms with van der Waals surface area (Å²) in [5.41, 5.74) is 0.180. The molecule has 0 aliphatic rings. The smallest absolute Gasteiger partial charge is 0.231 e. The molecule has 0 aromatic carbocycles. The van der Waals surface area contributed by atoms with E-state index in [1.807, 2.05) is 0 Å². The first-order valence-electron chi connectivity index (χ1n) is 7.88. The van der Waals surface area contributed by atoms with E-state index in [1.165, 1.54) is 0 Å². The van der Waals surface area contributed by atoms with Crippen LogP contribution in [0.3, 0.4) is 0 Å². The molecule has 0 saturated carbocycles. The Balaban J connectivity index is 2.96. The van der Waals surface area contributed by atoms with Crippen molar-refractivity contribution in [3.05, 3.63) is 0 Å². The lowest BCUT2D eigenvalue weighted by atomic mass is 9.97. The number of hydrogen-bond donors (Lipinski definition) is 2. The van der Waals surface area contributed by atoms with Crippen molar-refractivity contribution in [1.29, 1.82) is 0 Å². The summed E-state index contributed by atoms with van der Waals surface area (Å²) < 4.78 is 0. The van der Waals surface area contributed by atoms with Gasteiger partial charge in [-0.3, -0.25) is 0 Å². The highest BCUT2D eigenvalue weighted by Gasteiger charge is 2.14. The van der Waals surface area contributed by atoms with E-state index in [1.54, 1.807) is 0 Å². The maximum absolute atomic E-state index is 4.54. The number of aromatic nitrogens is 3. The molecule has 0 atom stereocenters. The summed E-state index contributed by atoms with van der Waals surface area (Å²) >= 11 is 0. The van der Waals surface area contributed by atoms with Crippen LogP contribution in [0.25, 0.3) is 0 Å². The first kappa shape index (κ1) is 17.5. The van der Waals surface area contributed by atoms with Crippen LogP contribution in [0, 0.1) is 5.41 Å². The Kier molecular flexibility index (Phi) is 6.65. The van der Waals surface area contributed by atoms with Crippen LogP contribution in [0.2, 0.25) is 0 Å². The highest BCUT2D eigenvalue weighted by Crippen LogP contribution is 2.17. The molecule has 0 aliphatic heterocycles. The molecule has 0 unspecified atom stereocenters.